The van der Waals surface area contributed by atoms with Crippen LogP contribution in [0.3, 0.4) is 0 Å². The molecule has 0 spiro atoms. The lowest BCUT2D eigenvalue weighted by Crippen LogP contribution is -2.23. The third kappa shape index (κ3) is 5.93. The monoisotopic (exact) mass is 279 g/mol. The highest BCUT2D eigenvalue weighted by Gasteiger charge is 2.17. The van der Waals surface area contributed by atoms with Crippen LogP contribution in [0.2, 0.25) is 0 Å². The lowest BCUT2D eigenvalue weighted by Gasteiger charge is -2.23. The molecule has 114 valence electrons. The first-order valence-corrected chi connectivity index (χ1v) is 7.53. The fraction of sp³-hybridized carbons (Fsp3) is 0.647. The molecule has 1 rings (SSSR count). The van der Waals surface area contributed by atoms with E-state index in [1.165, 1.54) is 5.56 Å². The first-order valence-electron chi connectivity index (χ1n) is 7.53. The van der Waals surface area contributed by atoms with E-state index in [1.54, 1.807) is 7.11 Å². The van der Waals surface area contributed by atoms with Gasteiger partial charge in [-0.25, -0.2) is 0 Å². The second kappa shape index (κ2) is 8.98. The summed E-state index contributed by atoms with van der Waals surface area (Å²) < 4.78 is 10.7. The van der Waals surface area contributed by atoms with Crippen LogP contribution in [0.1, 0.15) is 39.2 Å². The Morgan fingerprint density at radius 2 is 1.75 bits per heavy atom. The Balaban J connectivity index is 2.25. The van der Waals surface area contributed by atoms with Crippen molar-refractivity contribution in [1.82, 2.24) is 5.32 Å². The predicted molar refractivity (Wildman–Crippen MR) is 84.6 cm³/mol. The fourth-order valence-corrected chi connectivity index (χ4v) is 1.91. The average Bonchev–Trinajstić information content (AvgIpc) is 2.47. The van der Waals surface area contributed by atoms with Crippen LogP contribution >= 0.6 is 0 Å². The molecule has 0 saturated carbocycles. The van der Waals surface area contributed by atoms with Crippen molar-refractivity contribution in [2.75, 3.05) is 33.4 Å². The molecule has 1 aromatic rings. The van der Waals surface area contributed by atoms with Crippen molar-refractivity contribution in [2.24, 2.45) is 0 Å². The lowest BCUT2D eigenvalue weighted by molar-refractivity contribution is 0.193. The molecule has 0 aliphatic rings. The molecular weight excluding hydrogens is 250 g/mol. The van der Waals surface area contributed by atoms with Gasteiger partial charge in [-0.3, -0.25) is 0 Å². The van der Waals surface area contributed by atoms with Crippen LogP contribution in [0, 0.1) is 0 Å². The highest BCUT2D eigenvalue weighted by Crippen LogP contribution is 2.27. The van der Waals surface area contributed by atoms with Gasteiger partial charge in [0.15, 0.2) is 0 Å². The van der Waals surface area contributed by atoms with Gasteiger partial charge in [-0.15, -0.1) is 0 Å². The minimum absolute atomic E-state index is 0.238. The molecule has 0 unspecified atom stereocenters. The molecule has 0 aliphatic heterocycles. The van der Waals surface area contributed by atoms with Gasteiger partial charge in [0, 0.05) is 20.3 Å². The zero-order valence-corrected chi connectivity index (χ0v) is 13.4. The van der Waals surface area contributed by atoms with Crippen molar-refractivity contribution >= 4 is 0 Å². The van der Waals surface area contributed by atoms with Gasteiger partial charge in [0.05, 0.1) is 0 Å². The standard InChI is InChI=1S/C17H29NO2/c1-5-17(2,3)15-7-9-16(10-8-15)20-14-12-18-11-6-13-19-4/h7-10,18H,5-6,11-14H2,1-4H3. The SMILES string of the molecule is CCC(C)(C)c1ccc(OCCNCCCOC)cc1. The smallest absolute Gasteiger partial charge is 0.119 e. The quantitative estimate of drug-likeness (QED) is 0.666. The van der Waals surface area contributed by atoms with Gasteiger partial charge in [-0.1, -0.05) is 32.9 Å². The Morgan fingerprint density at radius 3 is 2.35 bits per heavy atom. The van der Waals surface area contributed by atoms with E-state index in [0.717, 1.165) is 38.3 Å². The topological polar surface area (TPSA) is 30.5 Å². The molecule has 1 N–H and O–H groups in total. The van der Waals surface area contributed by atoms with Crippen LogP contribution in [0.25, 0.3) is 0 Å². The Kier molecular flexibility index (Phi) is 7.63. The lowest BCUT2D eigenvalue weighted by atomic mass is 9.82. The third-order valence-corrected chi connectivity index (χ3v) is 3.77. The van der Waals surface area contributed by atoms with Gasteiger partial charge in [0.2, 0.25) is 0 Å². The van der Waals surface area contributed by atoms with E-state index in [-0.39, 0.29) is 5.41 Å². The maximum absolute atomic E-state index is 5.72. The van der Waals surface area contributed by atoms with Crippen molar-refractivity contribution in [2.45, 2.75) is 39.0 Å². The van der Waals surface area contributed by atoms with Crippen molar-refractivity contribution in [3.63, 3.8) is 0 Å². The van der Waals surface area contributed by atoms with Crippen molar-refractivity contribution in [3.8, 4) is 5.75 Å². The molecule has 0 fully saturated rings. The largest absolute Gasteiger partial charge is 0.492 e. The van der Waals surface area contributed by atoms with Crippen LogP contribution in [0.4, 0.5) is 0 Å². The van der Waals surface area contributed by atoms with E-state index in [4.69, 9.17) is 9.47 Å². The minimum atomic E-state index is 0.238. The minimum Gasteiger partial charge on any atom is -0.492 e. The Hall–Kier alpha value is -1.06. The number of hydrogen-bond acceptors (Lipinski definition) is 3. The Bertz CT molecular complexity index is 360. The van der Waals surface area contributed by atoms with E-state index in [0.29, 0.717) is 6.61 Å². The summed E-state index contributed by atoms with van der Waals surface area (Å²) in [5.74, 6) is 0.944. The summed E-state index contributed by atoms with van der Waals surface area (Å²) in [5.41, 5.74) is 1.60. The van der Waals surface area contributed by atoms with E-state index in [9.17, 15) is 0 Å². The van der Waals surface area contributed by atoms with Crippen molar-refractivity contribution in [1.29, 1.82) is 0 Å². The van der Waals surface area contributed by atoms with Crippen molar-refractivity contribution in [3.05, 3.63) is 29.8 Å². The van der Waals surface area contributed by atoms with E-state index < -0.39 is 0 Å². The normalized spacial score (nSPS) is 11.6. The molecule has 0 aromatic heterocycles. The average molecular weight is 279 g/mol. The number of nitrogens with one attached hydrogen (secondary N) is 1. The first kappa shape index (κ1) is 17.0. The second-order valence-electron chi connectivity index (χ2n) is 5.71. The molecule has 0 aliphatic carbocycles. The van der Waals surface area contributed by atoms with Crippen LogP contribution in [0.5, 0.6) is 5.75 Å². The van der Waals surface area contributed by atoms with Crippen LogP contribution in [0.15, 0.2) is 24.3 Å². The molecule has 1 aromatic carbocycles. The maximum atomic E-state index is 5.72. The maximum Gasteiger partial charge on any atom is 0.119 e. The number of ether oxygens (including phenoxy) is 2. The van der Waals surface area contributed by atoms with Gasteiger partial charge in [0.1, 0.15) is 12.4 Å². The second-order valence-corrected chi connectivity index (χ2v) is 5.71. The van der Waals surface area contributed by atoms with Gasteiger partial charge in [-0.05, 0) is 42.5 Å². The summed E-state index contributed by atoms with van der Waals surface area (Å²) in [5, 5.41) is 3.33. The molecule has 0 saturated heterocycles. The van der Waals surface area contributed by atoms with Crippen LogP contribution in [-0.2, 0) is 10.2 Å². The van der Waals surface area contributed by atoms with Gasteiger partial charge in [-0.2, -0.15) is 0 Å². The van der Waals surface area contributed by atoms with Crippen molar-refractivity contribution < 1.29 is 9.47 Å². The highest BCUT2D eigenvalue weighted by molar-refractivity contribution is 5.31. The number of rotatable bonds is 10. The van der Waals surface area contributed by atoms with Gasteiger partial charge >= 0.3 is 0 Å². The number of methoxy groups -OCH3 is 1. The summed E-state index contributed by atoms with van der Waals surface area (Å²) in [6.45, 7) is 10.1. The molecule has 0 bridgehead atoms. The third-order valence-electron chi connectivity index (χ3n) is 3.77. The van der Waals surface area contributed by atoms with E-state index >= 15 is 0 Å². The molecular formula is C17H29NO2. The van der Waals surface area contributed by atoms with Crippen LogP contribution in [-0.4, -0.2) is 33.4 Å². The molecule has 3 nitrogen and oxygen atoms in total. The highest BCUT2D eigenvalue weighted by atomic mass is 16.5. The number of hydrogen-bond donors (Lipinski definition) is 1. The van der Waals surface area contributed by atoms with E-state index in [1.807, 2.05) is 0 Å². The predicted octanol–water partition coefficient (Wildman–Crippen LogP) is 3.38. The fourth-order valence-electron chi connectivity index (χ4n) is 1.91. The molecule has 0 radical (unpaired) electrons. The van der Waals surface area contributed by atoms with Crippen LogP contribution < -0.4 is 10.1 Å². The molecule has 0 atom stereocenters. The molecule has 0 heterocycles. The molecule has 3 heteroatoms. The van der Waals surface area contributed by atoms with Gasteiger partial charge in [0.25, 0.3) is 0 Å². The first-order chi connectivity index (χ1) is 9.60. The summed E-state index contributed by atoms with van der Waals surface area (Å²) >= 11 is 0. The molecule has 20 heavy (non-hydrogen) atoms. The Labute approximate surface area is 123 Å². The summed E-state index contributed by atoms with van der Waals surface area (Å²) in [7, 11) is 1.73. The van der Waals surface area contributed by atoms with Gasteiger partial charge < -0.3 is 14.8 Å². The molecule has 0 amide bonds. The summed E-state index contributed by atoms with van der Waals surface area (Å²) in [4.78, 5) is 0. The Morgan fingerprint density at radius 1 is 1.05 bits per heavy atom. The number of benzene rings is 1. The summed E-state index contributed by atoms with van der Waals surface area (Å²) in [6, 6.07) is 8.48. The van der Waals surface area contributed by atoms with E-state index in [2.05, 4.69) is 50.4 Å². The zero-order valence-electron chi connectivity index (χ0n) is 13.4. The summed E-state index contributed by atoms with van der Waals surface area (Å²) in [6.07, 6.45) is 2.18. The zero-order chi connectivity index (χ0) is 14.8.